The van der Waals surface area contributed by atoms with E-state index in [2.05, 4.69) is 4.98 Å². The first kappa shape index (κ1) is 10.3. The number of pyridine rings is 1. The van der Waals surface area contributed by atoms with Crippen LogP contribution >= 0.6 is 12.4 Å². The van der Waals surface area contributed by atoms with Crippen LogP contribution in [0.3, 0.4) is 0 Å². The minimum Gasteiger partial charge on any atom is -0.325 e. The molecule has 1 aromatic rings. The second-order valence-corrected chi connectivity index (χ2v) is 2.12. The van der Waals surface area contributed by atoms with Crippen LogP contribution in [0.2, 0.25) is 0 Å². The van der Waals surface area contributed by atoms with Crippen LogP contribution in [0.25, 0.3) is 0 Å². The van der Waals surface area contributed by atoms with Crippen molar-refractivity contribution < 1.29 is 4.39 Å². The Morgan fingerprint density at radius 3 is 2.73 bits per heavy atom. The van der Waals surface area contributed by atoms with Gasteiger partial charge in [0.05, 0.1) is 11.9 Å². The van der Waals surface area contributed by atoms with E-state index < -0.39 is 0 Å². The predicted molar refractivity (Wildman–Crippen MR) is 44.1 cm³/mol. The maximum Gasteiger partial charge on any atom is 0.141 e. The third-order valence-electron chi connectivity index (χ3n) is 1.35. The molecule has 0 fully saturated rings. The summed E-state index contributed by atoms with van der Waals surface area (Å²) in [4.78, 5) is 3.80. The first-order valence-electron chi connectivity index (χ1n) is 3.05. The summed E-state index contributed by atoms with van der Waals surface area (Å²) in [6.07, 6.45) is 1.18. The molecule has 0 bridgehead atoms. The van der Waals surface area contributed by atoms with Gasteiger partial charge >= 0.3 is 0 Å². The molecule has 1 rings (SSSR count). The van der Waals surface area contributed by atoms with Gasteiger partial charge in [-0.15, -0.1) is 12.4 Å². The van der Waals surface area contributed by atoms with Crippen molar-refractivity contribution in [1.82, 2.24) is 4.98 Å². The van der Waals surface area contributed by atoms with E-state index in [1.807, 2.05) is 0 Å². The van der Waals surface area contributed by atoms with Gasteiger partial charge in [-0.1, -0.05) is 0 Å². The van der Waals surface area contributed by atoms with E-state index in [9.17, 15) is 4.39 Å². The summed E-state index contributed by atoms with van der Waals surface area (Å²) in [5.41, 5.74) is 6.87. The van der Waals surface area contributed by atoms with Crippen LogP contribution in [-0.2, 0) is 6.54 Å². The highest BCUT2D eigenvalue weighted by Gasteiger charge is 1.97. The molecular weight excluding hydrogens is 167 g/mol. The summed E-state index contributed by atoms with van der Waals surface area (Å²) in [7, 11) is 0. The molecule has 0 aliphatic rings. The Balaban J connectivity index is 0.000001000. The Morgan fingerprint density at radius 1 is 1.64 bits per heavy atom. The number of rotatable bonds is 1. The Bertz CT molecular complexity index is 240. The second kappa shape index (κ2) is 4.26. The smallest absolute Gasteiger partial charge is 0.141 e. The molecule has 0 saturated carbocycles. The average Bonchev–Trinajstić information content (AvgIpc) is 1.88. The Morgan fingerprint density at radius 2 is 2.27 bits per heavy atom. The van der Waals surface area contributed by atoms with Crippen LogP contribution in [0.1, 0.15) is 11.3 Å². The normalized spacial score (nSPS) is 9.00. The highest BCUT2D eigenvalue weighted by molar-refractivity contribution is 5.85. The molecule has 0 amide bonds. The Kier molecular flexibility index (Phi) is 4.00. The fraction of sp³-hybridized carbons (Fsp3) is 0.286. The molecule has 0 unspecified atom stereocenters. The fourth-order valence-corrected chi connectivity index (χ4v) is 0.782. The van der Waals surface area contributed by atoms with Gasteiger partial charge in [-0.25, -0.2) is 4.39 Å². The Labute approximate surface area is 71.0 Å². The van der Waals surface area contributed by atoms with Gasteiger partial charge < -0.3 is 5.73 Å². The van der Waals surface area contributed by atoms with Gasteiger partial charge in [0.2, 0.25) is 0 Å². The molecule has 0 radical (unpaired) electrons. The zero-order chi connectivity index (χ0) is 7.56. The maximum atomic E-state index is 12.4. The molecule has 4 heteroatoms. The minimum absolute atomic E-state index is 0. The molecule has 0 aliphatic heterocycles. The summed E-state index contributed by atoms with van der Waals surface area (Å²) >= 11 is 0. The third kappa shape index (κ3) is 2.44. The number of nitrogens with two attached hydrogens (primary N) is 1. The van der Waals surface area contributed by atoms with Crippen molar-refractivity contribution in [3.05, 3.63) is 29.3 Å². The Hall–Kier alpha value is -0.670. The molecule has 0 aliphatic carbocycles. The quantitative estimate of drug-likeness (QED) is 0.703. The number of aryl methyl sites for hydroxylation is 1. The molecule has 62 valence electrons. The molecule has 0 atom stereocenters. The molecule has 1 aromatic heterocycles. The van der Waals surface area contributed by atoms with Gasteiger partial charge in [0.1, 0.15) is 5.82 Å². The lowest BCUT2D eigenvalue weighted by atomic mass is 10.2. The lowest BCUT2D eigenvalue weighted by Crippen LogP contribution is -2.02. The van der Waals surface area contributed by atoms with Crippen molar-refractivity contribution in [2.75, 3.05) is 0 Å². The van der Waals surface area contributed by atoms with Crippen molar-refractivity contribution in [2.45, 2.75) is 13.5 Å². The van der Waals surface area contributed by atoms with Gasteiger partial charge in [-0.05, 0) is 18.6 Å². The van der Waals surface area contributed by atoms with E-state index in [1.54, 1.807) is 6.92 Å². The van der Waals surface area contributed by atoms with Crippen molar-refractivity contribution in [3.8, 4) is 0 Å². The van der Waals surface area contributed by atoms with Crippen LogP contribution < -0.4 is 5.73 Å². The molecule has 2 nitrogen and oxygen atoms in total. The van der Waals surface area contributed by atoms with Gasteiger partial charge in [0, 0.05) is 6.54 Å². The second-order valence-electron chi connectivity index (χ2n) is 2.12. The molecule has 0 saturated heterocycles. The topological polar surface area (TPSA) is 38.9 Å². The van der Waals surface area contributed by atoms with Crippen LogP contribution in [0.15, 0.2) is 12.3 Å². The largest absolute Gasteiger partial charge is 0.325 e. The monoisotopic (exact) mass is 176 g/mol. The fourth-order valence-electron chi connectivity index (χ4n) is 0.782. The van der Waals surface area contributed by atoms with Crippen molar-refractivity contribution >= 4 is 12.4 Å². The van der Waals surface area contributed by atoms with Crippen LogP contribution in [-0.4, -0.2) is 4.98 Å². The molecular formula is C7H10ClFN2. The number of hydrogen-bond donors (Lipinski definition) is 1. The first-order chi connectivity index (χ1) is 4.74. The van der Waals surface area contributed by atoms with Gasteiger partial charge in [-0.2, -0.15) is 0 Å². The van der Waals surface area contributed by atoms with Crippen molar-refractivity contribution in [1.29, 1.82) is 0 Å². The summed E-state index contributed by atoms with van der Waals surface area (Å²) in [6, 6.07) is 1.43. The zero-order valence-corrected chi connectivity index (χ0v) is 6.99. The van der Waals surface area contributed by atoms with Crippen molar-refractivity contribution in [2.24, 2.45) is 5.73 Å². The summed E-state index contributed by atoms with van der Waals surface area (Å²) < 4.78 is 12.4. The van der Waals surface area contributed by atoms with Crippen molar-refractivity contribution in [3.63, 3.8) is 0 Å². The van der Waals surface area contributed by atoms with Gasteiger partial charge in [0.15, 0.2) is 0 Å². The number of halogens is 2. The number of aromatic nitrogens is 1. The molecule has 0 aromatic carbocycles. The standard InChI is InChI=1S/C7H9FN2.ClH/c1-5-2-6(8)4-10-7(5)3-9;/h2,4H,3,9H2,1H3;1H. The minimum atomic E-state index is -0.310. The SMILES string of the molecule is Cc1cc(F)cnc1CN.Cl. The lowest BCUT2D eigenvalue weighted by molar-refractivity contribution is 0.617. The third-order valence-corrected chi connectivity index (χ3v) is 1.35. The first-order valence-corrected chi connectivity index (χ1v) is 3.05. The molecule has 0 spiro atoms. The van der Waals surface area contributed by atoms with Crippen LogP contribution in [0.4, 0.5) is 4.39 Å². The van der Waals surface area contributed by atoms with E-state index in [-0.39, 0.29) is 18.2 Å². The van der Waals surface area contributed by atoms with Crippen LogP contribution in [0.5, 0.6) is 0 Å². The van der Waals surface area contributed by atoms with E-state index in [1.165, 1.54) is 12.3 Å². The highest BCUT2D eigenvalue weighted by atomic mass is 35.5. The highest BCUT2D eigenvalue weighted by Crippen LogP contribution is 2.04. The lowest BCUT2D eigenvalue weighted by Gasteiger charge is -1.99. The van der Waals surface area contributed by atoms with Crippen LogP contribution in [0, 0.1) is 12.7 Å². The van der Waals surface area contributed by atoms with E-state index in [0.717, 1.165) is 11.3 Å². The molecule has 2 N–H and O–H groups in total. The molecule has 1 heterocycles. The summed E-state index contributed by atoms with van der Waals surface area (Å²) in [5.74, 6) is -0.310. The number of nitrogens with zero attached hydrogens (tertiary/aromatic N) is 1. The number of hydrogen-bond acceptors (Lipinski definition) is 2. The average molecular weight is 177 g/mol. The van der Waals surface area contributed by atoms with E-state index in [4.69, 9.17) is 5.73 Å². The van der Waals surface area contributed by atoms with Gasteiger partial charge in [-0.3, -0.25) is 4.98 Å². The maximum absolute atomic E-state index is 12.4. The van der Waals surface area contributed by atoms with E-state index >= 15 is 0 Å². The molecule has 11 heavy (non-hydrogen) atoms. The summed E-state index contributed by atoms with van der Waals surface area (Å²) in [6.45, 7) is 2.16. The predicted octanol–water partition coefficient (Wildman–Crippen LogP) is 1.41. The van der Waals surface area contributed by atoms with E-state index in [0.29, 0.717) is 6.54 Å². The zero-order valence-electron chi connectivity index (χ0n) is 6.17. The van der Waals surface area contributed by atoms with Gasteiger partial charge in [0.25, 0.3) is 0 Å². The summed E-state index contributed by atoms with van der Waals surface area (Å²) in [5, 5.41) is 0.